The third kappa shape index (κ3) is 2.79. The van der Waals surface area contributed by atoms with E-state index in [1.54, 1.807) is 13.1 Å². The van der Waals surface area contributed by atoms with Crippen LogP contribution in [0.25, 0.3) is 10.9 Å². The number of hydrogen-bond acceptors (Lipinski definition) is 2. The van der Waals surface area contributed by atoms with E-state index in [-0.39, 0.29) is 22.5 Å². The summed E-state index contributed by atoms with van der Waals surface area (Å²) in [5.41, 5.74) is 0.788. The van der Waals surface area contributed by atoms with Gasteiger partial charge in [0.2, 0.25) is 5.91 Å². The van der Waals surface area contributed by atoms with Crippen LogP contribution >= 0.6 is 11.6 Å². The molecule has 122 valence electrons. The molecule has 2 aromatic rings. The van der Waals surface area contributed by atoms with Crippen LogP contribution in [0.2, 0.25) is 5.02 Å². The van der Waals surface area contributed by atoms with E-state index in [1.165, 1.54) is 17.0 Å². The number of nitrogens with zero attached hydrogens (tertiary/aromatic N) is 1. The van der Waals surface area contributed by atoms with Gasteiger partial charge in [-0.05, 0) is 37.5 Å². The number of aromatic amines is 1. The van der Waals surface area contributed by atoms with E-state index in [0.29, 0.717) is 23.9 Å². The Hall–Kier alpha value is -2.08. The molecule has 1 atom stereocenters. The highest BCUT2D eigenvalue weighted by atomic mass is 35.5. The summed E-state index contributed by atoms with van der Waals surface area (Å²) in [5, 5.41) is 3.24. The van der Waals surface area contributed by atoms with Crippen LogP contribution < -0.4 is 5.32 Å². The van der Waals surface area contributed by atoms with Gasteiger partial charge in [-0.1, -0.05) is 11.6 Å². The number of likely N-dealkylation sites (tertiary alicyclic amines) is 1. The minimum atomic E-state index is -0.500. The number of amides is 2. The molecule has 5 nitrogen and oxygen atoms in total. The molecule has 1 aromatic heterocycles. The van der Waals surface area contributed by atoms with E-state index in [0.717, 1.165) is 12.8 Å². The largest absolute Gasteiger partial charge is 0.357 e. The molecular weight excluding hydrogens is 321 g/mol. The molecule has 1 fully saturated rings. The van der Waals surface area contributed by atoms with E-state index in [9.17, 15) is 14.0 Å². The Bertz CT molecular complexity index is 774. The first-order chi connectivity index (χ1) is 11.0. The second-order valence-electron chi connectivity index (χ2n) is 5.63. The minimum absolute atomic E-state index is 0.184. The number of benzene rings is 1. The second kappa shape index (κ2) is 6.20. The first-order valence-electron chi connectivity index (χ1n) is 7.52. The molecule has 2 amide bonds. The van der Waals surface area contributed by atoms with Crippen molar-refractivity contribution in [3.05, 3.63) is 34.7 Å². The molecule has 1 saturated heterocycles. The zero-order valence-electron chi connectivity index (χ0n) is 12.7. The molecule has 2 heterocycles. The van der Waals surface area contributed by atoms with Crippen LogP contribution in [0.5, 0.6) is 0 Å². The summed E-state index contributed by atoms with van der Waals surface area (Å²) in [5.74, 6) is -0.935. The number of aromatic nitrogens is 1. The summed E-state index contributed by atoms with van der Waals surface area (Å²) >= 11 is 6.26. The van der Waals surface area contributed by atoms with Crippen molar-refractivity contribution in [2.75, 3.05) is 13.6 Å². The van der Waals surface area contributed by atoms with Crippen LogP contribution in [-0.2, 0) is 4.79 Å². The fourth-order valence-electron chi connectivity index (χ4n) is 3.04. The highest BCUT2D eigenvalue weighted by molar-refractivity contribution is 6.38. The number of fused-ring (bicyclic) bond motifs is 1. The Kier molecular flexibility index (Phi) is 4.26. The molecule has 7 heteroatoms. The smallest absolute Gasteiger partial charge is 0.272 e. The Balaban J connectivity index is 1.98. The van der Waals surface area contributed by atoms with Crippen molar-refractivity contribution in [2.45, 2.75) is 25.3 Å². The topological polar surface area (TPSA) is 65.2 Å². The van der Waals surface area contributed by atoms with Crippen molar-refractivity contribution >= 4 is 34.3 Å². The number of rotatable bonds is 2. The van der Waals surface area contributed by atoms with Crippen molar-refractivity contribution < 1.29 is 14.0 Å². The van der Waals surface area contributed by atoms with Gasteiger partial charge < -0.3 is 15.2 Å². The highest BCUT2D eigenvalue weighted by Crippen LogP contribution is 2.30. The summed E-state index contributed by atoms with van der Waals surface area (Å²) in [6, 6.07) is 3.63. The summed E-state index contributed by atoms with van der Waals surface area (Å²) in [6.07, 6.45) is 2.36. The van der Waals surface area contributed by atoms with E-state index < -0.39 is 11.9 Å². The molecule has 2 N–H and O–H groups in total. The van der Waals surface area contributed by atoms with Crippen LogP contribution in [0.1, 0.15) is 29.8 Å². The van der Waals surface area contributed by atoms with Gasteiger partial charge in [0.25, 0.3) is 5.91 Å². The van der Waals surface area contributed by atoms with Gasteiger partial charge in [0.15, 0.2) is 0 Å². The lowest BCUT2D eigenvalue weighted by molar-refractivity contribution is -0.126. The van der Waals surface area contributed by atoms with Gasteiger partial charge in [0.1, 0.15) is 17.6 Å². The van der Waals surface area contributed by atoms with Crippen molar-refractivity contribution in [1.82, 2.24) is 15.2 Å². The molecule has 0 aliphatic carbocycles. The van der Waals surface area contributed by atoms with Gasteiger partial charge in [-0.15, -0.1) is 0 Å². The average molecular weight is 338 g/mol. The van der Waals surface area contributed by atoms with Crippen molar-refractivity contribution in [1.29, 1.82) is 0 Å². The number of halogens is 2. The van der Waals surface area contributed by atoms with Crippen LogP contribution in [0.15, 0.2) is 18.2 Å². The first-order valence-corrected chi connectivity index (χ1v) is 7.90. The number of carbonyl (C=O) groups is 2. The maximum Gasteiger partial charge on any atom is 0.272 e. The lowest BCUT2D eigenvalue weighted by Crippen LogP contribution is -2.51. The first kappa shape index (κ1) is 15.8. The average Bonchev–Trinajstić information content (AvgIpc) is 2.90. The van der Waals surface area contributed by atoms with Gasteiger partial charge in [0.05, 0.1) is 5.02 Å². The number of carbonyl (C=O) groups excluding carboxylic acids is 2. The number of hydrogen-bond donors (Lipinski definition) is 2. The summed E-state index contributed by atoms with van der Waals surface area (Å²) < 4.78 is 13.4. The van der Waals surface area contributed by atoms with Crippen molar-refractivity contribution in [3.8, 4) is 0 Å². The standard InChI is InChI=1S/C16H17ClFN3O2/c1-19-15(22)12-4-2-3-7-21(12)16(23)14-13(17)10-8-9(18)5-6-11(10)20-14/h5-6,8,12,20H,2-4,7H2,1H3,(H,19,22). The highest BCUT2D eigenvalue weighted by Gasteiger charge is 2.33. The predicted octanol–water partition coefficient (Wildman–Crippen LogP) is 2.70. The summed E-state index contributed by atoms with van der Waals surface area (Å²) in [4.78, 5) is 29.3. The number of piperidine rings is 1. The molecule has 0 bridgehead atoms. The fourth-order valence-corrected chi connectivity index (χ4v) is 3.32. The summed E-state index contributed by atoms with van der Waals surface area (Å²) in [7, 11) is 1.55. The molecule has 23 heavy (non-hydrogen) atoms. The lowest BCUT2D eigenvalue weighted by atomic mass is 10.0. The molecule has 1 aliphatic heterocycles. The van der Waals surface area contributed by atoms with E-state index >= 15 is 0 Å². The van der Waals surface area contributed by atoms with Crippen LogP contribution in [0.3, 0.4) is 0 Å². The minimum Gasteiger partial charge on any atom is -0.357 e. The third-order valence-electron chi connectivity index (χ3n) is 4.22. The lowest BCUT2D eigenvalue weighted by Gasteiger charge is -2.34. The number of H-pyrrole nitrogens is 1. The molecule has 0 spiro atoms. The van der Waals surface area contributed by atoms with Gasteiger partial charge in [0, 0.05) is 24.5 Å². The molecule has 0 saturated carbocycles. The molecule has 3 rings (SSSR count). The van der Waals surface area contributed by atoms with Gasteiger partial charge in [-0.2, -0.15) is 0 Å². The Morgan fingerprint density at radius 3 is 2.91 bits per heavy atom. The normalized spacial score (nSPS) is 18.2. The maximum absolute atomic E-state index is 13.4. The number of nitrogens with one attached hydrogen (secondary N) is 2. The van der Waals surface area contributed by atoms with Gasteiger partial charge in [-0.25, -0.2) is 4.39 Å². The Labute approximate surface area is 137 Å². The molecule has 1 aromatic carbocycles. The second-order valence-corrected chi connectivity index (χ2v) is 6.01. The number of likely N-dealkylation sites (N-methyl/N-ethyl adjacent to an activating group) is 1. The van der Waals surface area contributed by atoms with Crippen LogP contribution in [0, 0.1) is 5.82 Å². The SMILES string of the molecule is CNC(=O)C1CCCCN1C(=O)c1[nH]c2ccc(F)cc2c1Cl. The molecule has 1 unspecified atom stereocenters. The van der Waals surface area contributed by atoms with Gasteiger partial charge in [-0.3, -0.25) is 9.59 Å². The molecule has 0 radical (unpaired) electrons. The van der Waals surface area contributed by atoms with E-state index in [1.807, 2.05) is 0 Å². The van der Waals surface area contributed by atoms with Crippen LogP contribution in [-0.4, -0.2) is 41.3 Å². The van der Waals surface area contributed by atoms with Crippen molar-refractivity contribution in [3.63, 3.8) is 0 Å². The zero-order chi connectivity index (χ0) is 16.6. The maximum atomic E-state index is 13.4. The molecular formula is C16H17ClFN3O2. The van der Waals surface area contributed by atoms with Crippen LogP contribution in [0.4, 0.5) is 4.39 Å². The quantitative estimate of drug-likeness (QED) is 0.885. The monoisotopic (exact) mass is 337 g/mol. The van der Waals surface area contributed by atoms with Gasteiger partial charge >= 0.3 is 0 Å². The fraction of sp³-hybridized carbons (Fsp3) is 0.375. The predicted molar refractivity (Wildman–Crippen MR) is 86.0 cm³/mol. The summed E-state index contributed by atoms with van der Waals surface area (Å²) in [6.45, 7) is 0.497. The van der Waals surface area contributed by atoms with E-state index in [2.05, 4.69) is 10.3 Å². The zero-order valence-corrected chi connectivity index (χ0v) is 13.4. The third-order valence-corrected chi connectivity index (χ3v) is 4.62. The van der Waals surface area contributed by atoms with E-state index in [4.69, 9.17) is 11.6 Å². The molecule has 1 aliphatic rings. The Morgan fingerprint density at radius 1 is 1.39 bits per heavy atom. The Morgan fingerprint density at radius 2 is 2.17 bits per heavy atom. The van der Waals surface area contributed by atoms with Crippen molar-refractivity contribution in [2.24, 2.45) is 0 Å².